The predicted molar refractivity (Wildman–Crippen MR) is 119 cm³/mol. The highest BCUT2D eigenvalue weighted by Gasteiger charge is 2.18. The standard InChI is InChI=1S/C23H26ClN3O3/c24-19-14-18(28)7-6-15(19)8-10-25-9-2-1-5-21(29)17-12-16-4-3-11-27-22(16)20(13-17)26-23(27)30/h6-7,12-14,25,28H,1-5,8-11H2,(H,26,30). The average molecular weight is 428 g/mol. The molecule has 0 unspecified atom stereocenters. The van der Waals surface area contributed by atoms with Crippen molar-refractivity contribution in [2.45, 2.75) is 45.1 Å². The highest BCUT2D eigenvalue weighted by atomic mass is 35.5. The molecular formula is C23H26ClN3O3. The molecule has 1 aliphatic rings. The molecule has 3 aromatic rings. The van der Waals surface area contributed by atoms with Crippen LogP contribution in [-0.2, 0) is 19.4 Å². The molecular weight excluding hydrogens is 402 g/mol. The van der Waals surface area contributed by atoms with Crippen molar-refractivity contribution in [3.63, 3.8) is 0 Å². The van der Waals surface area contributed by atoms with Crippen molar-refractivity contribution in [1.82, 2.24) is 14.9 Å². The van der Waals surface area contributed by atoms with Crippen molar-refractivity contribution in [3.05, 3.63) is 62.5 Å². The molecule has 3 N–H and O–H groups in total. The minimum absolute atomic E-state index is 0.0878. The summed E-state index contributed by atoms with van der Waals surface area (Å²) in [6.45, 7) is 2.37. The Balaban J connectivity index is 1.23. The fourth-order valence-electron chi connectivity index (χ4n) is 4.15. The van der Waals surface area contributed by atoms with Crippen LogP contribution in [0.25, 0.3) is 11.0 Å². The number of carbonyl (C=O) groups excluding carboxylic acids is 1. The number of H-pyrrole nitrogens is 1. The smallest absolute Gasteiger partial charge is 0.326 e. The topological polar surface area (TPSA) is 87.1 Å². The van der Waals surface area contributed by atoms with E-state index in [1.165, 1.54) is 0 Å². The molecule has 0 saturated carbocycles. The van der Waals surface area contributed by atoms with Crippen LogP contribution in [0.1, 0.15) is 47.2 Å². The third kappa shape index (κ3) is 4.45. The number of imidazole rings is 1. The first kappa shape index (κ1) is 20.7. The summed E-state index contributed by atoms with van der Waals surface area (Å²) >= 11 is 6.11. The van der Waals surface area contributed by atoms with Crippen LogP contribution in [0.15, 0.2) is 35.1 Å². The van der Waals surface area contributed by atoms with E-state index in [1.807, 2.05) is 18.2 Å². The zero-order valence-electron chi connectivity index (χ0n) is 16.8. The van der Waals surface area contributed by atoms with Crippen LogP contribution >= 0.6 is 11.6 Å². The van der Waals surface area contributed by atoms with Gasteiger partial charge in [-0.25, -0.2) is 4.79 Å². The molecule has 0 radical (unpaired) electrons. The number of ketones is 1. The van der Waals surface area contributed by atoms with E-state index >= 15 is 0 Å². The number of nitrogens with zero attached hydrogens (tertiary/aromatic N) is 1. The molecule has 6 nitrogen and oxygen atoms in total. The number of rotatable bonds is 9. The van der Waals surface area contributed by atoms with Gasteiger partial charge in [-0.3, -0.25) is 9.36 Å². The molecule has 7 heteroatoms. The lowest BCUT2D eigenvalue weighted by atomic mass is 9.98. The van der Waals surface area contributed by atoms with Crippen LogP contribution in [0.4, 0.5) is 0 Å². The molecule has 1 aliphatic heterocycles. The lowest BCUT2D eigenvalue weighted by Gasteiger charge is -2.15. The monoisotopic (exact) mass is 427 g/mol. The minimum Gasteiger partial charge on any atom is -0.508 e. The Kier molecular flexibility index (Phi) is 6.25. The number of hydrogen-bond donors (Lipinski definition) is 3. The largest absolute Gasteiger partial charge is 0.508 e. The fraction of sp³-hybridized carbons (Fsp3) is 0.391. The van der Waals surface area contributed by atoms with E-state index in [4.69, 9.17) is 11.6 Å². The number of aryl methyl sites for hydroxylation is 2. The number of phenols is 1. The average Bonchev–Trinajstić information content (AvgIpc) is 3.05. The predicted octanol–water partition coefficient (Wildman–Crippen LogP) is 3.82. The molecule has 1 aromatic heterocycles. The lowest BCUT2D eigenvalue weighted by molar-refractivity contribution is 0.0979. The summed E-state index contributed by atoms with van der Waals surface area (Å²) in [6, 6.07) is 8.82. The van der Waals surface area contributed by atoms with Crippen molar-refractivity contribution >= 4 is 28.4 Å². The summed E-state index contributed by atoms with van der Waals surface area (Å²) in [6.07, 6.45) is 4.86. The molecule has 30 heavy (non-hydrogen) atoms. The number of aromatic amines is 1. The number of aromatic hydroxyl groups is 1. The summed E-state index contributed by atoms with van der Waals surface area (Å²) < 4.78 is 1.78. The van der Waals surface area contributed by atoms with E-state index in [2.05, 4.69) is 10.3 Å². The normalized spacial score (nSPS) is 13.1. The molecule has 2 heterocycles. The Bertz CT molecular complexity index is 1130. The molecule has 0 saturated heterocycles. The Labute approximate surface area is 179 Å². The van der Waals surface area contributed by atoms with Gasteiger partial charge in [0.05, 0.1) is 11.0 Å². The van der Waals surface area contributed by atoms with Gasteiger partial charge in [0, 0.05) is 23.6 Å². The molecule has 0 aliphatic carbocycles. The highest BCUT2D eigenvalue weighted by molar-refractivity contribution is 6.31. The zero-order valence-corrected chi connectivity index (χ0v) is 17.6. The minimum atomic E-state index is -0.0878. The van der Waals surface area contributed by atoms with E-state index in [0.29, 0.717) is 17.0 Å². The molecule has 2 aromatic carbocycles. The van der Waals surface area contributed by atoms with Crippen molar-refractivity contribution in [3.8, 4) is 5.75 Å². The molecule has 0 atom stereocenters. The van der Waals surface area contributed by atoms with Crippen molar-refractivity contribution in [2.24, 2.45) is 0 Å². The van der Waals surface area contributed by atoms with Crippen LogP contribution in [0.3, 0.4) is 0 Å². The molecule has 158 valence electrons. The van der Waals surface area contributed by atoms with Gasteiger partial charge in [-0.1, -0.05) is 17.7 Å². The second-order valence-electron chi connectivity index (χ2n) is 7.87. The van der Waals surface area contributed by atoms with Gasteiger partial charge < -0.3 is 15.4 Å². The second-order valence-corrected chi connectivity index (χ2v) is 8.28. The first-order valence-electron chi connectivity index (χ1n) is 10.5. The molecule has 0 bridgehead atoms. The van der Waals surface area contributed by atoms with E-state index < -0.39 is 0 Å². The summed E-state index contributed by atoms with van der Waals surface area (Å²) in [5, 5.41) is 13.3. The SMILES string of the molecule is O=C(CCCCNCCc1ccc(O)cc1Cl)c1cc2c3c(c1)[nH]c(=O)n3CCC2. The van der Waals surface area contributed by atoms with Crippen LogP contribution in [0.2, 0.25) is 5.02 Å². The third-order valence-corrected chi connectivity index (χ3v) is 6.06. The van der Waals surface area contributed by atoms with Gasteiger partial charge in [0.2, 0.25) is 0 Å². The lowest BCUT2D eigenvalue weighted by Crippen LogP contribution is -2.20. The Morgan fingerprint density at radius 1 is 1.20 bits per heavy atom. The van der Waals surface area contributed by atoms with E-state index in [1.54, 1.807) is 16.7 Å². The maximum atomic E-state index is 12.7. The number of nitrogens with one attached hydrogen (secondary N) is 2. The van der Waals surface area contributed by atoms with E-state index in [-0.39, 0.29) is 17.2 Å². The maximum Gasteiger partial charge on any atom is 0.326 e. The zero-order chi connectivity index (χ0) is 21.1. The maximum absolute atomic E-state index is 12.7. The van der Waals surface area contributed by atoms with Gasteiger partial charge >= 0.3 is 5.69 Å². The van der Waals surface area contributed by atoms with Crippen LogP contribution in [0.5, 0.6) is 5.75 Å². The van der Waals surface area contributed by atoms with Crippen molar-refractivity contribution in [2.75, 3.05) is 13.1 Å². The number of aromatic nitrogens is 2. The van der Waals surface area contributed by atoms with Gasteiger partial charge in [0.1, 0.15) is 5.75 Å². The number of hydrogen-bond acceptors (Lipinski definition) is 4. The van der Waals surface area contributed by atoms with Gasteiger partial charge in [-0.15, -0.1) is 0 Å². The quantitative estimate of drug-likeness (QED) is 0.358. The number of Topliss-reactive ketones (excluding diaryl/α,β-unsaturated/α-hetero) is 1. The van der Waals surface area contributed by atoms with Crippen molar-refractivity contribution in [1.29, 1.82) is 0 Å². The van der Waals surface area contributed by atoms with Gasteiger partial charge in [0.25, 0.3) is 0 Å². The Morgan fingerprint density at radius 3 is 2.90 bits per heavy atom. The van der Waals surface area contributed by atoms with Gasteiger partial charge in [-0.2, -0.15) is 0 Å². The van der Waals surface area contributed by atoms with Gasteiger partial charge in [0.15, 0.2) is 5.78 Å². The van der Waals surface area contributed by atoms with E-state index in [0.717, 1.165) is 73.9 Å². The van der Waals surface area contributed by atoms with E-state index in [9.17, 15) is 14.7 Å². The number of benzene rings is 2. The molecule has 4 rings (SSSR count). The summed E-state index contributed by atoms with van der Waals surface area (Å²) in [7, 11) is 0. The highest BCUT2D eigenvalue weighted by Crippen LogP contribution is 2.25. The summed E-state index contributed by atoms with van der Waals surface area (Å²) in [5.41, 5.74) is 4.44. The van der Waals surface area contributed by atoms with Crippen LogP contribution in [0, 0.1) is 0 Å². The Morgan fingerprint density at radius 2 is 2.07 bits per heavy atom. The van der Waals surface area contributed by atoms with Crippen molar-refractivity contribution < 1.29 is 9.90 Å². The van der Waals surface area contributed by atoms with Gasteiger partial charge in [-0.05, 0) is 80.6 Å². The molecule has 0 fully saturated rings. The number of unbranched alkanes of at least 4 members (excludes halogenated alkanes) is 1. The molecule has 0 amide bonds. The number of phenolic OH excluding ortho intramolecular Hbond substituents is 1. The number of carbonyl (C=O) groups is 1. The van der Waals surface area contributed by atoms with Crippen LogP contribution < -0.4 is 11.0 Å². The number of halogens is 1. The Hall–Kier alpha value is -2.57. The fourth-order valence-corrected chi connectivity index (χ4v) is 4.42. The molecule has 0 spiro atoms. The first-order chi connectivity index (χ1) is 14.5. The first-order valence-corrected chi connectivity index (χ1v) is 10.9. The third-order valence-electron chi connectivity index (χ3n) is 5.71. The van der Waals surface area contributed by atoms with Crippen LogP contribution in [-0.4, -0.2) is 33.5 Å². The summed E-state index contributed by atoms with van der Waals surface area (Å²) in [5.74, 6) is 0.303. The summed E-state index contributed by atoms with van der Waals surface area (Å²) in [4.78, 5) is 27.6. The second kappa shape index (κ2) is 9.06.